The van der Waals surface area contributed by atoms with Gasteiger partial charge >= 0.3 is 0 Å². The van der Waals surface area contributed by atoms with E-state index < -0.39 is 12.5 Å². The van der Waals surface area contributed by atoms with Gasteiger partial charge in [-0.25, -0.2) is 0 Å². The predicted octanol–water partition coefficient (Wildman–Crippen LogP) is 0.576. The monoisotopic (exact) mass is 290 g/mol. The van der Waals surface area contributed by atoms with Gasteiger partial charge in [0.15, 0.2) is 0 Å². The van der Waals surface area contributed by atoms with Crippen LogP contribution in [-0.2, 0) is 16.0 Å². The molecule has 0 spiro atoms. The second-order valence-corrected chi connectivity index (χ2v) is 5.45. The van der Waals surface area contributed by atoms with Crippen molar-refractivity contribution in [2.45, 2.75) is 19.3 Å². The number of hydrogen-bond donors (Lipinski definition) is 2. The maximum Gasteiger partial charge on any atom is 0.246 e. The largest absolute Gasteiger partial charge is 0.387 e. The van der Waals surface area contributed by atoms with E-state index >= 15 is 0 Å². The highest BCUT2D eigenvalue weighted by atomic mass is 16.3. The molecule has 0 saturated carbocycles. The van der Waals surface area contributed by atoms with Crippen molar-refractivity contribution in [3.63, 3.8) is 0 Å². The zero-order valence-corrected chi connectivity index (χ0v) is 12.1. The Morgan fingerprint density at radius 1 is 1.19 bits per heavy atom. The number of hydrogen-bond acceptors (Lipinski definition) is 3. The lowest BCUT2D eigenvalue weighted by atomic mass is 9.90. The third kappa shape index (κ3) is 4.86. The SMILES string of the molecule is O=C(CO)NCC(=O)N1CCC(Cc2ccccc2)CC1. The van der Waals surface area contributed by atoms with Crippen molar-refractivity contribution in [2.24, 2.45) is 5.92 Å². The smallest absolute Gasteiger partial charge is 0.246 e. The van der Waals surface area contributed by atoms with Gasteiger partial charge in [-0.1, -0.05) is 30.3 Å². The number of piperidine rings is 1. The second kappa shape index (κ2) is 7.78. The summed E-state index contributed by atoms with van der Waals surface area (Å²) in [7, 11) is 0. The Bertz CT molecular complexity index is 468. The lowest BCUT2D eigenvalue weighted by Crippen LogP contribution is -2.44. The molecule has 2 rings (SSSR count). The van der Waals surface area contributed by atoms with Crippen LogP contribution in [-0.4, -0.2) is 48.1 Å². The first kappa shape index (κ1) is 15.5. The standard InChI is InChI=1S/C16H22N2O3/c19-12-15(20)17-11-16(21)18-8-6-14(7-9-18)10-13-4-2-1-3-5-13/h1-5,14,19H,6-12H2,(H,17,20). The number of rotatable bonds is 5. The summed E-state index contributed by atoms with van der Waals surface area (Å²) in [5, 5.41) is 11.0. The summed E-state index contributed by atoms with van der Waals surface area (Å²) in [4.78, 5) is 24.6. The Hall–Kier alpha value is -1.88. The number of nitrogens with one attached hydrogen (secondary N) is 1. The molecule has 0 aliphatic carbocycles. The van der Waals surface area contributed by atoms with Gasteiger partial charge < -0.3 is 15.3 Å². The molecule has 1 saturated heterocycles. The van der Waals surface area contributed by atoms with Gasteiger partial charge in [0, 0.05) is 13.1 Å². The average molecular weight is 290 g/mol. The fourth-order valence-corrected chi connectivity index (χ4v) is 2.68. The Morgan fingerprint density at radius 3 is 2.48 bits per heavy atom. The van der Waals surface area contributed by atoms with E-state index in [0.29, 0.717) is 5.92 Å². The first-order chi connectivity index (χ1) is 10.2. The van der Waals surface area contributed by atoms with E-state index in [4.69, 9.17) is 5.11 Å². The molecular formula is C16H22N2O3. The van der Waals surface area contributed by atoms with Crippen molar-refractivity contribution in [2.75, 3.05) is 26.2 Å². The molecule has 2 N–H and O–H groups in total. The zero-order valence-electron chi connectivity index (χ0n) is 12.1. The lowest BCUT2D eigenvalue weighted by Gasteiger charge is -2.32. The number of amides is 2. The molecule has 1 aromatic rings. The highest BCUT2D eigenvalue weighted by molar-refractivity contribution is 5.85. The van der Waals surface area contributed by atoms with Crippen LogP contribution in [0.15, 0.2) is 30.3 Å². The number of aliphatic hydroxyl groups excluding tert-OH is 1. The summed E-state index contributed by atoms with van der Waals surface area (Å²) in [5.74, 6) is 0.0285. The number of carbonyl (C=O) groups is 2. The van der Waals surface area contributed by atoms with E-state index in [0.717, 1.165) is 32.4 Å². The number of likely N-dealkylation sites (tertiary alicyclic amines) is 1. The molecule has 2 amide bonds. The molecule has 1 aliphatic rings. The van der Waals surface area contributed by atoms with Crippen molar-refractivity contribution in [1.29, 1.82) is 0 Å². The first-order valence-corrected chi connectivity index (χ1v) is 7.38. The summed E-state index contributed by atoms with van der Waals surface area (Å²) >= 11 is 0. The van der Waals surface area contributed by atoms with E-state index in [-0.39, 0.29) is 12.5 Å². The van der Waals surface area contributed by atoms with Crippen LogP contribution in [0.5, 0.6) is 0 Å². The normalized spacial score (nSPS) is 15.8. The van der Waals surface area contributed by atoms with Gasteiger partial charge in [0.25, 0.3) is 0 Å². The van der Waals surface area contributed by atoms with Crippen molar-refractivity contribution >= 4 is 11.8 Å². The molecule has 0 atom stereocenters. The molecule has 0 bridgehead atoms. The second-order valence-electron chi connectivity index (χ2n) is 5.45. The van der Waals surface area contributed by atoms with Gasteiger partial charge in [0.05, 0.1) is 6.54 Å². The van der Waals surface area contributed by atoms with Crippen LogP contribution in [0.2, 0.25) is 0 Å². The minimum atomic E-state index is -0.577. The van der Waals surface area contributed by atoms with Crippen molar-refractivity contribution in [3.8, 4) is 0 Å². The molecule has 1 aliphatic heterocycles. The molecule has 5 nitrogen and oxygen atoms in total. The number of nitrogens with zero attached hydrogens (tertiary/aromatic N) is 1. The fourth-order valence-electron chi connectivity index (χ4n) is 2.68. The Kier molecular flexibility index (Phi) is 5.75. The topological polar surface area (TPSA) is 69.6 Å². The van der Waals surface area contributed by atoms with E-state index in [1.165, 1.54) is 5.56 Å². The third-order valence-corrected chi connectivity index (χ3v) is 3.91. The Balaban J connectivity index is 1.72. The van der Waals surface area contributed by atoms with E-state index in [1.54, 1.807) is 4.90 Å². The van der Waals surface area contributed by atoms with Crippen molar-refractivity contribution < 1.29 is 14.7 Å². The van der Waals surface area contributed by atoms with Crippen LogP contribution in [0, 0.1) is 5.92 Å². The summed E-state index contributed by atoms with van der Waals surface area (Å²) in [5.41, 5.74) is 1.34. The molecular weight excluding hydrogens is 268 g/mol. The zero-order chi connectivity index (χ0) is 15.1. The number of carbonyl (C=O) groups excluding carboxylic acids is 2. The molecule has 1 heterocycles. The van der Waals surface area contributed by atoms with Gasteiger partial charge in [0.1, 0.15) is 6.61 Å². The van der Waals surface area contributed by atoms with Gasteiger partial charge in [-0.3, -0.25) is 9.59 Å². The summed E-state index contributed by atoms with van der Waals surface area (Å²) in [6.07, 6.45) is 3.05. The average Bonchev–Trinajstić information content (AvgIpc) is 2.54. The minimum absolute atomic E-state index is 0.0251. The van der Waals surface area contributed by atoms with Crippen LogP contribution in [0.1, 0.15) is 18.4 Å². The molecule has 1 fully saturated rings. The Morgan fingerprint density at radius 2 is 1.86 bits per heavy atom. The number of benzene rings is 1. The van der Waals surface area contributed by atoms with Crippen molar-refractivity contribution in [3.05, 3.63) is 35.9 Å². The third-order valence-electron chi connectivity index (χ3n) is 3.91. The van der Waals surface area contributed by atoms with Crippen LogP contribution < -0.4 is 5.32 Å². The fraction of sp³-hybridized carbons (Fsp3) is 0.500. The molecule has 5 heteroatoms. The first-order valence-electron chi connectivity index (χ1n) is 7.38. The molecule has 0 unspecified atom stereocenters. The highest BCUT2D eigenvalue weighted by Crippen LogP contribution is 2.21. The van der Waals surface area contributed by atoms with Gasteiger partial charge in [-0.05, 0) is 30.7 Å². The summed E-state index contributed by atoms with van der Waals surface area (Å²) in [6.45, 7) is 0.881. The van der Waals surface area contributed by atoms with Gasteiger partial charge in [-0.2, -0.15) is 0 Å². The van der Waals surface area contributed by atoms with Crippen LogP contribution in [0.4, 0.5) is 0 Å². The van der Waals surface area contributed by atoms with E-state index in [1.807, 2.05) is 6.07 Å². The molecule has 0 aromatic heterocycles. The molecule has 21 heavy (non-hydrogen) atoms. The predicted molar refractivity (Wildman–Crippen MR) is 79.5 cm³/mol. The highest BCUT2D eigenvalue weighted by Gasteiger charge is 2.22. The maximum absolute atomic E-state index is 11.9. The lowest BCUT2D eigenvalue weighted by molar-refractivity contribution is -0.134. The van der Waals surface area contributed by atoms with E-state index in [9.17, 15) is 9.59 Å². The van der Waals surface area contributed by atoms with E-state index in [2.05, 4.69) is 29.6 Å². The van der Waals surface area contributed by atoms with Gasteiger partial charge in [0.2, 0.25) is 11.8 Å². The van der Waals surface area contributed by atoms with Crippen LogP contribution in [0.25, 0.3) is 0 Å². The van der Waals surface area contributed by atoms with Crippen molar-refractivity contribution in [1.82, 2.24) is 10.2 Å². The van der Waals surface area contributed by atoms with Gasteiger partial charge in [-0.15, -0.1) is 0 Å². The maximum atomic E-state index is 11.9. The molecule has 1 aromatic carbocycles. The quantitative estimate of drug-likeness (QED) is 0.833. The minimum Gasteiger partial charge on any atom is -0.387 e. The van der Waals surface area contributed by atoms with Crippen LogP contribution >= 0.6 is 0 Å². The summed E-state index contributed by atoms with van der Waals surface area (Å²) in [6, 6.07) is 10.4. The van der Waals surface area contributed by atoms with Crippen LogP contribution in [0.3, 0.4) is 0 Å². The molecule has 114 valence electrons. The summed E-state index contributed by atoms with van der Waals surface area (Å²) < 4.78 is 0. The molecule has 0 radical (unpaired) electrons. The number of aliphatic hydroxyl groups is 1. The Labute approximate surface area is 125 Å².